The minimum atomic E-state index is -0.0884. The highest BCUT2D eigenvalue weighted by Crippen LogP contribution is 2.25. The number of amides is 2. The maximum absolute atomic E-state index is 12.6. The van der Waals surface area contributed by atoms with Crippen LogP contribution >= 0.6 is 11.3 Å². The first-order chi connectivity index (χ1) is 15.2. The molecule has 0 aliphatic rings. The second-order valence-corrected chi connectivity index (χ2v) is 9.28. The number of carbonyl (C=O) groups excluding carboxylic acids is 2. The van der Waals surface area contributed by atoms with Gasteiger partial charge in [0.15, 0.2) is 5.13 Å². The highest BCUT2D eigenvalue weighted by atomic mass is 32.1. The SMILES string of the molecule is CC(=O)NCCc1ccc(-c2csc(NC(=O)Cc3c(C)nn(CC(C)C)c3C)n2)cc1. The lowest BCUT2D eigenvalue weighted by Crippen LogP contribution is -2.22. The molecule has 3 aromatic rings. The van der Waals surface area contributed by atoms with Gasteiger partial charge in [-0.25, -0.2) is 4.98 Å². The Kier molecular flexibility index (Phi) is 7.80. The summed E-state index contributed by atoms with van der Waals surface area (Å²) >= 11 is 1.42. The minimum Gasteiger partial charge on any atom is -0.356 e. The van der Waals surface area contributed by atoms with Gasteiger partial charge in [-0.15, -0.1) is 11.3 Å². The molecule has 0 saturated heterocycles. The second kappa shape index (κ2) is 10.5. The van der Waals surface area contributed by atoms with Crippen molar-refractivity contribution in [2.24, 2.45) is 5.92 Å². The van der Waals surface area contributed by atoms with E-state index in [1.165, 1.54) is 18.3 Å². The molecule has 0 aliphatic carbocycles. The van der Waals surface area contributed by atoms with Crippen molar-refractivity contribution in [3.8, 4) is 11.3 Å². The lowest BCUT2D eigenvalue weighted by molar-refractivity contribution is -0.119. The van der Waals surface area contributed by atoms with Gasteiger partial charge >= 0.3 is 0 Å². The van der Waals surface area contributed by atoms with E-state index in [4.69, 9.17) is 0 Å². The van der Waals surface area contributed by atoms with Gasteiger partial charge < -0.3 is 10.6 Å². The number of thiazole rings is 1. The fourth-order valence-electron chi connectivity index (χ4n) is 3.53. The van der Waals surface area contributed by atoms with Crippen LogP contribution in [0, 0.1) is 19.8 Å². The largest absolute Gasteiger partial charge is 0.356 e. The van der Waals surface area contributed by atoms with Crippen molar-refractivity contribution < 1.29 is 9.59 Å². The van der Waals surface area contributed by atoms with Gasteiger partial charge in [-0.2, -0.15) is 5.10 Å². The maximum Gasteiger partial charge on any atom is 0.230 e. The Hall–Kier alpha value is -3.00. The summed E-state index contributed by atoms with van der Waals surface area (Å²) in [5.74, 6) is 0.387. The lowest BCUT2D eigenvalue weighted by Gasteiger charge is -2.08. The fraction of sp³-hybridized carbons (Fsp3) is 0.417. The molecule has 2 N–H and O–H groups in total. The topological polar surface area (TPSA) is 88.9 Å². The number of anilines is 1. The molecule has 2 heterocycles. The van der Waals surface area contributed by atoms with Gasteiger partial charge in [0.2, 0.25) is 11.8 Å². The Morgan fingerprint density at radius 2 is 1.88 bits per heavy atom. The number of benzene rings is 1. The van der Waals surface area contributed by atoms with E-state index in [1.807, 2.05) is 48.2 Å². The molecular weight excluding hydrogens is 422 g/mol. The number of nitrogens with one attached hydrogen (secondary N) is 2. The Balaban J connectivity index is 1.60. The van der Waals surface area contributed by atoms with Crippen LogP contribution < -0.4 is 10.6 Å². The predicted molar refractivity (Wildman–Crippen MR) is 129 cm³/mol. The third-order valence-corrected chi connectivity index (χ3v) is 5.95. The summed E-state index contributed by atoms with van der Waals surface area (Å²) in [5.41, 5.74) is 5.90. The number of carbonyl (C=O) groups is 2. The van der Waals surface area contributed by atoms with E-state index in [0.717, 1.165) is 46.7 Å². The van der Waals surface area contributed by atoms with E-state index < -0.39 is 0 Å². The van der Waals surface area contributed by atoms with Crippen LogP contribution in [0.4, 0.5) is 5.13 Å². The van der Waals surface area contributed by atoms with E-state index in [-0.39, 0.29) is 18.2 Å². The molecule has 32 heavy (non-hydrogen) atoms. The van der Waals surface area contributed by atoms with Crippen molar-refractivity contribution in [1.29, 1.82) is 0 Å². The Bertz CT molecular complexity index is 1080. The molecule has 2 aromatic heterocycles. The molecule has 0 saturated carbocycles. The van der Waals surface area contributed by atoms with Crippen LogP contribution in [0.15, 0.2) is 29.6 Å². The third-order valence-electron chi connectivity index (χ3n) is 5.19. The van der Waals surface area contributed by atoms with E-state index in [1.54, 1.807) is 0 Å². The van der Waals surface area contributed by atoms with Gasteiger partial charge in [-0.3, -0.25) is 14.3 Å². The normalized spacial score (nSPS) is 11.1. The second-order valence-electron chi connectivity index (χ2n) is 8.42. The molecule has 7 nitrogen and oxygen atoms in total. The zero-order chi connectivity index (χ0) is 23.3. The molecule has 0 atom stereocenters. The molecule has 0 fully saturated rings. The molecule has 8 heteroatoms. The Labute approximate surface area is 193 Å². The third kappa shape index (κ3) is 6.26. The summed E-state index contributed by atoms with van der Waals surface area (Å²) in [6, 6.07) is 8.10. The standard InChI is InChI=1S/C24H31N5O2S/c1-15(2)13-29-17(4)21(16(3)28-29)12-23(31)27-24-26-22(14-32-24)20-8-6-19(7-9-20)10-11-25-18(5)30/h6-9,14-15H,10-13H2,1-5H3,(H,25,30)(H,26,27,31). The fourth-order valence-corrected chi connectivity index (χ4v) is 4.26. The molecule has 0 unspecified atom stereocenters. The summed E-state index contributed by atoms with van der Waals surface area (Å²) in [6.45, 7) is 11.3. The molecule has 0 spiro atoms. The molecule has 0 aliphatic heterocycles. The lowest BCUT2D eigenvalue weighted by atomic mass is 10.1. The van der Waals surface area contributed by atoms with Gasteiger partial charge in [0.05, 0.1) is 17.8 Å². The quantitative estimate of drug-likeness (QED) is 0.510. The number of aryl methyl sites for hydroxylation is 1. The van der Waals surface area contributed by atoms with E-state index in [0.29, 0.717) is 17.6 Å². The molecule has 0 radical (unpaired) electrons. The average Bonchev–Trinajstić information content (AvgIpc) is 3.28. The Morgan fingerprint density at radius 3 is 2.53 bits per heavy atom. The van der Waals surface area contributed by atoms with Crippen molar-refractivity contribution in [2.45, 2.75) is 54.0 Å². The minimum absolute atomic E-state index is 0.0200. The van der Waals surface area contributed by atoms with Crippen LogP contribution in [0.3, 0.4) is 0 Å². The number of rotatable bonds is 9. The summed E-state index contributed by atoms with van der Waals surface area (Å²) in [7, 11) is 0. The number of hydrogen-bond acceptors (Lipinski definition) is 5. The predicted octanol–water partition coefficient (Wildman–Crippen LogP) is 4.14. The van der Waals surface area contributed by atoms with Gasteiger partial charge in [-0.05, 0) is 31.7 Å². The van der Waals surface area contributed by atoms with Gasteiger partial charge in [0, 0.05) is 42.2 Å². The monoisotopic (exact) mass is 453 g/mol. The molecule has 2 amide bonds. The zero-order valence-corrected chi connectivity index (χ0v) is 20.2. The maximum atomic E-state index is 12.6. The van der Waals surface area contributed by atoms with E-state index >= 15 is 0 Å². The van der Waals surface area contributed by atoms with Gasteiger partial charge in [0.1, 0.15) is 0 Å². The van der Waals surface area contributed by atoms with Gasteiger partial charge in [0.25, 0.3) is 0 Å². The van der Waals surface area contributed by atoms with Crippen LogP contribution in [0.5, 0.6) is 0 Å². The highest BCUT2D eigenvalue weighted by Gasteiger charge is 2.16. The van der Waals surface area contributed by atoms with E-state index in [2.05, 4.69) is 34.6 Å². The van der Waals surface area contributed by atoms with Crippen molar-refractivity contribution in [3.63, 3.8) is 0 Å². The van der Waals surface area contributed by atoms with Crippen molar-refractivity contribution >= 4 is 28.3 Å². The first-order valence-electron chi connectivity index (χ1n) is 10.8. The van der Waals surface area contributed by atoms with Crippen molar-refractivity contribution in [1.82, 2.24) is 20.1 Å². The van der Waals surface area contributed by atoms with Crippen LogP contribution in [0.2, 0.25) is 0 Å². The summed E-state index contributed by atoms with van der Waals surface area (Å²) in [4.78, 5) is 28.2. The first-order valence-corrected chi connectivity index (χ1v) is 11.7. The number of nitrogens with zero attached hydrogens (tertiary/aromatic N) is 3. The van der Waals surface area contributed by atoms with Crippen LogP contribution in [-0.4, -0.2) is 33.1 Å². The summed E-state index contributed by atoms with van der Waals surface area (Å²) < 4.78 is 1.99. The molecular formula is C24H31N5O2S. The molecule has 3 rings (SSSR count). The van der Waals surface area contributed by atoms with Crippen LogP contribution in [0.25, 0.3) is 11.3 Å². The van der Waals surface area contributed by atoms with Crippen molar-refractivity contribution in [3.05, 3.63) is 52.2 Å². The first kappa shape index (κ1) is 23.7. The molecule has 1 aromatic carbocycles. The Morgan fingerprint density at radius 1 is 1.16 bits per heavy atom. The zero-order valence-electron chi connectivity index (χ0n) is 19.4. The van der Waals surface area contributed by atoms with Gasteiger partial charge in [-0.1, -0.05) is 38.1 Å². The highest BCUT2D eigenvalue weighted by molar-refractivity contribution is 7.14. The summed E-state index contributed by atoms with van der Waals surface area (Å²) in [5, 5.41) is 12.8. The van der Waals surface area contributed by atoms with Crippen LogP contribution in [0.1, 0.15) is 43.3 Å². The molecule has 170 valence electrons. The smallest absolute Gasteiger partial charge is 0.230 e. The van der Waals surface area contributed by atoms with Crippen LogP contribution in [-0.2, 0) is 29.0 Å². The van der Waals surface area contributed by atoms with E-state index in [9.17, 15) is 9.59 Å². The number of aromatic nitrogens is 3. The summed E-state index contributed by atoms with van der Waals surface area (Å²) in [6.07, 6.45) is 1.07. The average molecular weight is 454 g/mol. The van der Waals surface area contributed by atoms with Crippen molar-refractivity contribution in [2.75, 3.05) is 11.9 Å². The molecule has 0 bridgehead atoms. The number of hydrogen-bond donors (Lipinski definition) is 2.